The van der Waals surface area contributed by atoms with E-state index in [0.717, 1.165) is 47.9 Å². The van der Waals surface area contributed by atoms with Crippen LogP contribution in [0.5, 0.6) is 0 Å². The molecule has 30 heavy (non-hydrogen) atoms. The number of pyridine rings is 1. The van der Waals surface area contributed by atoms with Crippen LogP contribution in [0.4, 0.5) is 11.5 Å². The third kappa shape index (κ3) is 2.98. The summed E-state index contributed by atoms with van der Waals surface area (Å²) in [7, 11) is 0. The number of hydrogen-bond acceptors (Lipinski definition) is 6. The van der Waals surface area contributed by atoms with Gasteiger partial charge < -0.3 is 15.2 Å². The average molecular weight is 397 g/mol. The molecule has 7 rings (SSSR count). The first-order valence-corrected chi connectivity index (χ1v) is 10.4. The van der Waals surface area contributed by atoms with Crippen molar-refractivity contribution < 1.29 is 0 Å². The summed E-state index contributed by atoms with van der Waals surface area (Å²) in [6.07, 6.45) is 6.69. The van der Waals surface area contributed by atoms with Crippen molar-refractivity contribution in [3.05, 3.63) is 67.3 Å². The van der Waals surface area contributed by atoms with Crippen LogP contribution in [0.25, 0.3) is 22.3 Å². The first-order chi connectivity index (χ1) is 14.8. The SMILES string of the molecule is c1ccc(NCN2C3CC2CN(c2ccc(-c4ncnc5[nH]ccc45)cn2)C3)cc1. The maximum absolute atomic E-state index is 4.76. The summed E-state index contributed by atoms with van der Waals surface area (Å²) in [5.41, 5.74) is 3.96. The van der Waals surface area contributed by atoms with Crippen LogP contribution in [0, 0.1) is 0 Å². The predicted molar refractivity (Wildman–Crippen MR) is 118 cm³/mol. The summed E-state index contributed by atoms with van der Waals surface area (Å²) < 4.78 is 0. The smallest absolute Gasteiger partial charge is 0.141 e. The zero-order valence-corrected chi connectivity index (χ0v) is 16.6. The Morgan fingerprint density at radius 3 is 2.63 bits per heavy atom. The molecule has 3 aromatic heterocycles. The second-order valence-corrected chi connectivity index (χ2v) is 8.03. The van der Waals surface area contributed by atoms with Crippen molar-refractivity contribution in [3.8, 4) is 11.3 Å². The number of anilines is 2. The molecule has 0 aliphatic carbocycles. The number of nitrogens with zero attached hydrogens (tertiary/aromatic N) is 5. The number of para-hydroxylation sites is 1. The number of nitrogens with one attached hydrogen (secondary N) is 2. The minimum atomic E-state index is 0.586. The van der Waals surface area contributed by atoms with E-state index in [1.807, 2.05) is 24.5 Å². The highest BCUT2D eigenvalue weighted by atomic mass is 15.4. The Kier molecular flexibility index (Phi) is 4.12. The number of H-pyrrole nitrogens is 1. The lowest BCUT2D eigenvalue weighted by Gasteiger charge is -2.56. The van der Waals surface area contributed by atoms with Gasteiger partial charge in [-0.05, 0) is 36.8 Å². The molecule has 4 aromatic rings. The molecule has 150 valence electrons. The zero-order chi connectivity index (χ0) is 19.9. The van der Waals surface area contributed by atoms with Crippen molar-refractivity contribution >= 4 is 22.5 Å². The third-order valence-electron chi connectivity index (χ3n) is 6.28. The van der Waals surface area contributed by atoms with Gasteiger partial charge in [-0.25, -0.2) is 15.0 Å². The van der Waals surface area contributed by atoms with Crippen LogP contribution in [0.1, 0.15) is 6.42 Å². The molecule has 0 saturated carbocycles. The molecule has 7 heteroatoms. The first-order valence-electron chi connectivity index (χ1n) is 10.4. The second-order valence-electron chi connectivity index (χ2n) is 8.03. The lowest BCUT2D eigenvalue weighted by molar-refractivity contribution is 0.00641. The van der Waals surface area contributed by atoms with Crippen LogP contribution >= 0.6 is 0 Å². The minimum Gasteiger partial charge on any atom is -0.372 e. The van der Waals surface area contributed by atoms with Gasteiger partial charge in [0.1, 0.15) is 17.8 Å². The van der Waals surface area contributed by atoms with Crippen LogP contribution in [0.15, 0.2) is 67.3 Å². The van der Waals surface area contributed by atoms with Crippen molar-refractivity contribution in [2.75, 3.05) is 30.0 Å². The summed E-state index contributed by atoms with van der Waals surface area (Å²) in [5.74, 6) is 1.04. The fourth-order valence-corrected chi connectivity index (χ4v) is 4.69. The molecule has 2 atom stereocenters. The van der Waals surface area contributed by atoms with E-state index in [-0.39, 0.29) is 0 Å². The summed E-state index contributed by atoms with van der Waals surface area (Å²) in [5, 5.41) is 4.57. The number of piperazine rings is 1. The maximum atomic E-state index is 4.76. The lowest BCUT2D eigenvalue weighted by atomic mass is 9.88. The third-order valence-corrected chi connectivity index (χ3v) is 6.28. The fraction of sp³-hybridized carbons (Fsp3) is 0.261. The summed E-state index contributed by atoms with van der Waals surface area (Å²) in [4.78, 5) is 21.6. The molecule has 3 fully saturated rings. The molecule has 6 heterocycles. The van der Waals surface area contributed by atoms with Gasteiger partial charge in [0.15, 0.2) is 0 Å². The summed E-state index contributed by atoms with van der Waals surface area (Å²) in [6, 6.07) is 17.8. The molecule has 1 aromatic carbocycles. The molecule has 7 nitrogen and oxygen atoms in total. The number of fused-ring (bicyclic) bond motifs is 3. The Balaban J connectivity index is 1.13. The van der Waals surface area contributed by atoms with Crippen molar-refractivity contribution in [2.24, 2.45) is 0 Å². The number of hydrogen-bond donors (Lipinski definition) is 2. The molecule has 2 N–H and O–H groups in total. The first kappa shape index (κ1) is 17.4. The van der Waals surface area contributed by atoms with Crippen molar-refractivity contribution in [2.45, 2.75) is 18.5 Å². The van der Waals surface area contributed by atoms with Crippen molar-refractivity contribution in [1.29, 1.82) is 0 Å². The highest BCUT2D eigenvalue weighted by Gasteiger charge is 2.44. The molecule has 2 bridgehead atoms. The summed E-state index contributed by atoms with van der Waals surface area (Å²) in [6.45, 7) is 2.95. The van der Waals surface area contributed by atoms with Gasteiger partial charge in [0.25, 0.3) is 0 Å². The Hall–Kier alpha value is -3.45. The molecule has 2 unspecified atom stereocenters. The minimum absolute atomic E-state index is 0.586. The second kappa shape index (κ2) is 7.11. The Morgan fingerprint density at radius 2 is 1.83 bits per heavy atom. The van der Waals surface area contributed by atoms with Gasteiger partial charge in [-0.2, -0.15) is 0 Å². The van der Waals surface area contributed by atoms with Crippen LogP contribution in [0.3, 0.4) is 0 Å². The molecular formula is C23H23N7. The standard InChI is InChI=1S/C23H23N7/c1-2-4-17(5-3-1)28-15-30-18-10-19(30)13-29(12-18)21-7-6-16(11-25-21)22-20-8-9-24-23(20)27-14-26-22/h1-9,11,14,18-19,28H,10,12-13,15H2,(H,24,26,27). The molecule has 0 radical (unpaired) electrons. The van der Waals surface area contributed by atoms with Crippen LogP contribution in [-0.2, 0) is 0 Å². The largest absolute Gasteiger partial charge is 0.372 e. The highest BCUT2D eigenvalue weighted by Crippen LogP contribution is 2.34. The number of aromatic nitrogens is 4. The number of benzene rings is 1. The van der Waals surface area contributed by atoms with E-state index in [1.54, 1.807) is 6.33 Å². The lowest BCUT2D eigenvalue weighted by Crippen LogP contribution is -2.69. The van der Waals surface area contributed by atoms with Gasteiger partial charge in [-0.1, -0.05) is 18.2 Å². The Labute approximate surface area is 174 Å². The van der Waals surface area contributed by atoms with Crippen molar-refractivity contribution in [3.63, 3.8) is 0 Å². The van der Waals surface area contributed by atoms with Gasteiger partial charge in [-0.3, -0.25) is 4.90 Å². The van der Waals surface area contributed by atoms with Gasteiger partial charge in [0.05, 0.1) is 12.4 Å². The molecular weight excluding hydrogens is 374 g/mol. The van der Waals surface area contributed by atoms with E-state index >= 15 is 0 Å². The van der Waals surface area contributed by atoms with E-state index in [0.29, 0.717) is 12.1 Å². The molecule has 3 aliphatic heterocycles. The van der Waals surface area contributed by atoms with Gasteiger partial charge in [0.2, 0.25) is 0 Å². The fourth-order valence-electron chi connectivity index (χ4n) is 4.69. The average Bonchev–Trinajstić information content (AvgIpc) is 3.29. The quantitative estimate of drug-likeness (QED) is 0.538. The van der Waals surface area contributed by atoms with E-state index in [9.17, 15) is 0 Å². The van der Waals surface area contributed by atoms with Crippen molar-refractivity contribution in [1.82, 2.24) is 24.8 Å². The molecule has 3 aliphatic rings. The topological polar surface area (TPSA) is 73.0 Å². The van der Waals surface area contributed by atoms with E-state index in [2.05, 4.69) is 66.5 Å². The Bertz CT molecular complexity index is 1140. The summed E-state index contributed by atoms with van der Waals surface area (Å²) >= 11 is 0. The monoisotopic (exact) mass is 397 g/mol. The molecule has 3 saturated heterocycles. The predicted octanol–water partition coefficient (Wildman–Crippen LogP) is 3.35. The zero-order valence-electron chi connectivity index (χ0n) is 16.6. The van der Waals surface area contributed by atoms with Crippen LogP contribution in [-0.4, -0.2) is 56.7 Å². The van der Waals surface area contributed by atoms with Crippen LogP contribution < -0.4 is 10.2 Å². The van der Waals surface area contributed by atoms with E-state index in [4.69, 9.17) is 4.98 Å². The van der Waals surface area contributed by atoms with E-state index < -0.39 is 0 Å². The molecule has 0 amide bonds. The van der Waals surface area contributed by atoms with E-state index in [1.165, 1.54) is 12.1 Å². The Morgan fingerprint density at radius 1 is 0.967 bits per heavy atom. The number of aromatic amines is 1. The molecule has 0 spiro atoms. The maximum Gasteiger partial charge on any atom is 0.141 e. The normalized spacial score (nSPS) is 20.9. The highest BCUT2D eigenvalue weighted by molar-refractivity contribution is 5.90. The number of rotatable bonds is 5. The van der Waals surface area contributed by atoms with Gasteiger partial charge >= 0.3 is 0 Å². The van der Waals surface area contributed by atoms with Gasteiger partial charge in [0, 0.05) is 54.2 Å². The van der Waals surface area contributed by atoms with Gasteiger partial charge in [-0.15, -0.1) is 0 Å². The van der Waals surface area contributed by atoms with Crippen LogP contribution in [0.2, 0.25) is 0 Å². The number of piperidine rings is 1.